The van der Waals surface area contributed by atoms with E-state index in [0.29, 0.717) is 30.6 Å². The average molecular weight is 499 g/mol. The van der Waals surface area contributed by atoms with Gasteiger partial charge in [0.25, 0.3) is 0 Å². The first kappa shape index (κ1) is 23.4. The Morgan fingerprint density at radius 1 is 1.00 bits per heavy atom. The normalized spacial score (nSPS) is 17.6. The largest absolute Gasteiger partial charge is 0.586 e. The maximum Gasteiger partial charge on any atom is 0.586 e. The lowest BCUT2D eigenvalue weighted by molar-refractivity contribution is -0.286. The van der Waals surface area contributed by atoms with Crippen LogP contribution in [-0.4, -0.2) is 22.7 Å². The van der Waals surface area contributed by atoms with E-state index in [4.69, 9.17) is 0 Å². The fourth-order valence-electron chi connectivity index (χ4n) is 4.27. The van der Waals surface area contributed by atoms with E-state index in [2.05, 4.69) is 19.5 Å². The molecule has 2 aliphatic rings. The van der Waals surface area contributed by atoms with E-state index in [9.17, 15) is 17.8 Å². The number of alkyl halides is 2. The Morgan fingerprint density at radius 2 is 1.71 bits per heavy atom. The van der Waals surface area contributed by atoms with Gasteiger partial charge in [0.1, 0.15) is 0 Å². The third kappa shape index (κ3) is 4.78. The molecular formula is C26H24F2N2O4S. The molecule has 1 atom stereocenters. The quantitative estimate of drug-likeness (QED) is 0.479. The molecule has 3 aromatic rings. The predicted molar refractivity (Wildman–Crippen MR) is 130 cm³/mol. The number of hydrogen-bond donors (Lipinski definition) is 2. The smallest absolute Gasteiger partial charge is 0.395 e. The third-order valence-electron chi connectivity index (χ3n) is 6.38. The number of halogens is 2. The molecular weight excluding hydrogens is 474 g/mol. The molecule has 0 bridgehead atoms. The van der Waals surface area contributed by atoms with Crippen molar-refractivity contribution in [2.75, 3.05) is 11.6 Å². The molecule has 1 aliphatic carbocycles. The van der Waals surface area contributed by atoms with Gasteiger partial charge in [0.2, 0.25) is 5.91 Å². The number of hydrogen-bond acceptors (Lipinski definition) is 4. The van der Waals surface area contributed by atoms with E-state index in [1.165, 1.54) is 12.1 Å². The van der Waals surface area contributed by atoms with Crippen molar-refractivity contribution in [1.82, 2.24) is 4.72 Å². The number of ether oxygens (including phenoxy) is 2. The molecule has 1 heterocycles. The van der Waals surface area contributed by atoms with E-state index in [1.807, 2.05) is 49.4 Å². The van der Waals surface area contributed by atoms with Crippen molar-refractivity contribution in [3.63, 3.8) is 0 Å². The highest BCUT2D eigenvalue weighted by Crippen LogP contribution is 2.52. The molecule has 0 saturated heterocycles. The van der Waals surface area contributed by atoms with Gasteiger partial charge in [0.05, 0.1) is 16.4 Å². The number of carbonyl (C=O) groups excluding carboxylic acids is 1. The fraction of sp³-hybridized carbons (Fsp3) is 0.269. The molecule has 5 rings (SSSR count). The fourth-order valence-corrected chi connectivity index (χ4v) is 4.64. The van der Waals surface area contributed by atoms with Crippen molar-refractivity contribution in [3.8, 4) is 22.6 Å². The number of anilines is 1. The zero-order chi connectivity index (χ0) is 24.8. The van der Waals surface area contributed by atoms with Crippen molar-refractivity contribution in [1.29, 1.82) is 0 Å². The molecule has 0 spiro atoms. The summed E-state index contributed by atoms with van der Waals surface area (Å²) in [6, 6.07) is 18.2. The van der Waals surface area contributed by atoms with Gasteiger partial charge in [0.15, 0.2) is 11.5 Å². The van der Waals surface area contributed by atoms with E-state index >= 15 is 0 Å². The molecule has 6 nitrogen and oxygen atoms in total. The summed E-state index contributed by atoms with van der Waals surface area (Å²) in [6.07, 6.45) is -0.868. The minimum Gasteiger partial charge on any atom is -0.395 e. The van der Waals surface area contributed by atoms with Crippen molar-refractivity contribution < 1.29 is 27.3 Å². The Morgan fingerprint density at radius 3 is 2.40 bits per heavy atom. The first-order valence-corrected chi connectivity index (χ1v) is 12.7. The number of nitrogens with one attached hydrogen (secondary N) is 2. The zero-order valence-corrected chi connectivity index (χ0v) is 20.0. The van der Waals surface area contributed by atoms with Crippen LogP contribution in [0.25, 0.3) is 11.1 Å². The lowest BCUT2D eigenvalue weighted by Gasteiger charge is -2.17. The summed E-state index contributed by atoms with van der Waals surface area (Å²) in [4.78, 5) is 13.3. The molecule has 1 amide bonds. The Hall–Kier alpha value is -3.30. The number of aryl methyl sites for hydroxylation is 1. The molecule has 1 saturated carbocycles. The number of amides is 1. The highest BCUT2D eigenvalue weighted by atomic mass is 32.2. The van der Waals surface area contributed by atoms with Crippen LogP contribution in [0, 0.1) is 6.92 Å². The van der Waals surface area contributed by atoms with Gasteiger partial charge in [-0.05, 0) is 71.8 Å². The Labute approximate surface area is 204 Å². The van der Waals surface area contributed by atoms with E-state index < -0.39 is 22.7 Å². The maximum atomic E-state index is 13.4. The zero-order valence-electron chi connectivity index (χ0n) is 19.2. The van der Waals surface area contributed by atoms with Crippen LogP contribution in [0.5, 0.6) is 11.5 Å². The lowest BCUT2D eigenvalue weighted by Crippen LogP contribution is -2.28. The summed E-state index contributed by atoms with van der Waals surface area (Å²) in [5.74, 6) is -0.289. The topological polar surface area (TPSA) is 76.7 Å². The summed E-state index contributed by atoms with van der Waals surface area (Å²) in [7, 11) is -1.08. The molecule has 35 heavy (non-hydrogen) atoms. The number of rotatable bonds is 7. The summed E-state index contributed by atoms with van der Waals surface area (Å²) in [5, 5.41) is 3.01. The number of benzene rings is 3. The van der Waals surface area contributed by atoms with E-state index in [1.54, 1.807) is 12.3 Å². The van der Waals surface area contributed by atoms with Crippen molar-refractivity contribution in [2.45, 2.75) is 38.0 Å². The van der Waals surface area contributed by atoms with Gasteiger partial charge in [0, 0.05) is 18.5 Å². The average Bonchev–Trinajstić information content (AvgIpc) is 3.56. The summed E-state index contributed by atoms with van der Waals surface area (Å²) < 4.78 is 49.9. The lowest BCUT2D eigenvalue weighted by atomic mass is 9.94. The van der Waals surface area contributed by atoms with Gasteiger partial charge >= 0.3 is 6.29 Å². The first-order valence-electron chi connectivity index (χ1n) is 11.1. The molecule has 2 N–H and O–H groups in total. The second-order valence-corrected chi connectivity index (χ2v) is 10.1. The van der Waals surface area contributed by atoms with Crippen molar-refractivity contribution >= 4 is 22.6 Å². The van der Waals surface area contributed by atoms with Crippen molar-refractivity contribution in [2.24, 2.45) is 0 Å². The number of fused-ring (bicyclic) bond motifs is 1. The van der Waals surface area contributed by atoms with Crippen LogP contribution in [0.3, 0.4) is 0 Å². The van der Waals surface area contributed by atoms with Gasteiger partial charge in [-0.15, -0.1) is 8.78 Å². The van der Waals surface area contributed by atoms with Crippen LogP contribution in [0.1, 0.15) is 29.5 Å². The summed E-state index contributed by atoms with van der Waals surface area (Å²) >= 11 is 0. The monoisotopic (exact) mass is 498 g/mol. The summed E-state index contributed by atoms with van der Waals surface area (Å²) in [6.45, 7) is 2.51. The molecule has 1 aliphatic heterocycles. The van der Waals surface area contributed by atoms with Gasteiger partial charge in [-0.25, -0.2) is 8.93 Å². The van der Waals surface area contributed by atoms with Crippen LogP contribution in [0.2, 0.25) is 0 Å². The SMILES string of the molecule is Cc1ccc(NC(=O)C2(c3ccc4c(c3)OC(F)(F)O4)CC2)cc1-c1ccc(CNS(C)=O)cc1. The Balaban J connectivity index is 1.34. The Kier molecular flexibility index (Phi) is 5.85. The highest BCUT2D eigenvalue weighted by molar-refractivity contribution is 7.82. The third-order valence-corrected chi connectivity index (χ3v) is 6.93. The second kappa shape index (κ2) is 8.73. The van der Waals surface area contributed by atoms with Crippen LogP contribution < -0.4 is 19.5 Å². The second-order valence-electron chi connectivity index (χ2n) is 8.87. The minimum atomic E-state index is -3.69. The molecule has 0 aromatic heterocycles. The van der Waals surface area contributed by atoms with Crippen LogP contribution in [-0.2, 0) is 27.7 Å². The molecule has 1 unspecified atom stereocenters. The van der Waals surface area contributed by atoms with Gasteiger partial charge in [-0.2, -0.15) is 0 Å². The molecule has 0 radical (unpaired) electrons. The van der Waals surface area contributed by atoms with E-state index in [-0.39, 0.29) is 17.4 Å². The van der Waals surface area contributed by atoms with Gasteiger partial charge in [-0.3, -0.25) is 4.79 Å². The predicted octanol–water partition coefficient (Wildman–Crippen LogP) is 5.04. The van der Waals surface area contributed by atoms with Crippen molar-refractivity contribution in [3.05, 3.63) is 77.4 Å². The van der Waals surface area contributed by atoms with Crippen LogP contribution in [0.4, 0.5) is 14.5 Å². The maximum absolute atomic E-state index is 13.4. The molecule has 3 aromatic carbocycles. The molecule has 182 valence electrons. The standard InChI is InChI=1S/C26H24F2N2O4S/c1-16-3-9-20(14-21(16)18-6-4-17(5-7-18)15-29-35(2)32)30-24(31)25(11-12-25)19-8-10-22-23(13-19)34-26(27,28)33-22/h3-10,13-14,29H,11-12,15H2,1-2H3,(H,30,31). The molecule has 1 fully saturated rings. The number of carbonyl (C=O) groups is 1. The van der Waals surface area contributed by atoms with Crippen LogP contribution >= 0.6 is 0 Å². The first-order chi connectivity index (χ1) is 16.6. The van der Waals surface area contributed by atoms with E-state index in [0.717, 1.165) is 22.3 Å². The van der Waals surface area contributed by atoms with Gasteiger partial charge in [-0.1, -0.05) is 36.4 Å². The minimum absolute atomic E-state index is 0.0390. The molecule has 9 heteroatoms. The Bertz CT molecular complexity index is 1320. The van der Waals surface area contributed by atoms with Gasteiger partial charge < -0.3 is 14.8 Å². The highest BCUT2D eigenvalue weighted by Gasteiger charge is 2.52. The van der Waals surface area contributed by atoms with Crippen LogP contribution in [0.15, 0.2) is 60.7 Å². The summed E-state index contributed by atoms with van der Waals surface area (Å²) in [5.41, 5.74) is 4.55.